The lowest BCUT2D eigenvalue weighted by atomic mass is 10.1. The Labute approximate surface area is 228 Å². The van der Waals surface area contributed by atoms with E-state index >= 15 is 0 Å². The molecule has 1 fully saturated rings. The number of urea groups is 1. The summed E-state index contributed by atoms with van der Waals surface area (Å²) in [6.45, 7) is 2.37. The first-order chi connectivity index (χ1) is 18.7. The summed E-state index contributed by atoms with van der Waals surface area (Å²) in [6.07, 6.45) is 1.30. The maximum Gasteiger partial charge on any atom is 0.335 e. The molecule has 3 aromatic carbocycles. The molecule has 3 aromatic rings. The van der Waals surface area contributed by atoms with Crippen molar-refractivity contribution in [2.24, 2.45) is 0 Å². The average Bonchev–Trinajstić information content (AvgIpc) is 2.91. The number of rotatable bonds is 9. The lowest BCUT2D eigenvalue weighted by Crippen LogP contribution is -2.54. The quantitative estimate of drug-likeness (QED) is 0.290. The van der Waals surface area contributed by atoms with Crippen LogP contribution in [0.25, 0.3) is 6.08 Å². The Morgan fingerprint density at radius 3 is 2.33 bits per heavy atom. The van der Waals surface area contributed by atoms with Gasteiger partial charge in [-0.2, -0.15) is 0 Å². The average molecular weight is 551 g/mol. The van der Waals surface area contributed by atoms with E-state index in [0.717, 1.165) is 4.90 Å². The van der Waals surface area contributed by atoms with E-state index in [1.165, 1.54) is 49.6 Å². The van der Waals surface area contributed by atoms with Gasteiger partial charge in [-0.05, 0) is 72.7 Å². The summed E-state index contributed by atoms with van der Waals surface area (Å²) in [6, 6.07) is 14.6. The van der Waals surface area contributed by atoms with Gasteiger partial charge in [0.05, 0.1) is 30.0 Å². The van der Waals surface area contributed by atoms with Gasteiger partial charge in [0, 0.05) is 0 Å². The molecular formula is C28H23ClN2O8. The topological polar surface area (TPSA) is 131 Å². The second-order valence-corrected chi connectivity index (χ2v) is 8.62. The van der Waals surface area contributed by atoms with Gasteiger partial charge in [-0.1, -0.05) is 23.7 Å². The normalized spacial score (nSPS) is 14.3. The smallest absolute Gasteiger partial charge is 0.335 e. The Balaban J connectivity index is 1.58. The highest BCUT2D eigenvalue weighted by Crippen LogP contribution is 2.38. The maximum atomic E-state index is 13.2. The molecule has 1 aliphatic rings. The van der Waals surface area contributed by atoms with Crippen LogP contribution in [-0.4, -0.2) is 42.6 Å². The van der Waals surface area contributed by atoms with Crippen LogP contribution in [0.15, 0.2) is 66.2 Å². The van der Waals surface area contributed by atoms with E-state index in [1.807, 2.05) is 6.92 Å². The van der Waals surface area contributed by atoms with Gasteiger partial charge in [-0.25, -0.2) is 14.5 Å². The van der Waals surface area contributed by atoms with E-state index in [1.54, 1.807) is 24.3 Å². The number of nitrogens with zero attached hydrogens (tertiary/aromatic N) is 1. The highest BCUT2D eigenvalue weighted by atomic mass is 35.5. The Kier molecular flexibility index (Phi) is 8.16. The van der Waals surface area contributed by atoms with Crippen LogP contribution in [-0.2, 0) is 16.2 Å². The van der Waals surface area contributed by atoms with Gasteiger partial charge >= 0.3 is 12.0 Å². The van der Waals surface area contributed by atoms with Crippen LogP contribution < -0.4 is 24.4 Å². The van der Waals surface area contributed by atoms with Gasteiger partial charge in [0.2, 0.25) is 0 Å². The zero-order valence-electron chi connectivity index (χ0n) is 20.9. The summed E-state index contributed by atoms with van der Waals surface area (Å²) in [4.78, 5) is 50.2. The van der Waals surface area contributed by atoms with Crippen molar-refractivity contribution in [2.45, 2.75) is 13.5 Å². The molecule has 200 valence electrons. The number of halogens is 1. The summed E-state index contributed by atoms with van der Waals surface area (Å²) in [5.41, 5.74) is 1.18. The number of hydrogen-bond donors (Lipinski definition) is 2. The van der Waals surface area contributed by atoms with E-state index in [0.29, 0.717) is 23.5 Å². The van der Waals surface area contributed by atoms with Gasteiger partial charge in [-0.3, -0.25) is 14.9 Å². The van der Waals surface area contributed by atoms with Crippen molar-refractivity contribution < 1.29 is 38.5 Å². The lowest BCUT2D eigenvalue weighted by Gasteiger charge is -2.26. The molecule has 4 rings (SSSR count). The van der Waals surface area contributed by atoms with Crippen molar-refractivity contribution in [2.75, 3.05) is 18.6 Å². The third-order valence-electron chi connectivity index (χ3n) is 5.65. The van der Waals surface area contributed by atoms with Gasteiger partial charge < -0.3 is 19.3 Å². The largest absolute Gasteiger partial charge is 0.494 e. The van der Waals surface area contributed by atoms with Crippen LogP contribution in [0.5, 0.6) is 17.2 Å². The highest BCUT2D eigenvalue weighted by molar-refractivity contribution is 6.39. The van der Waals surface area contributed by atoms with Crippen molar-refractivity contribution >= 4 is 47.2 Å². The van der Waals surface area contributed by atoms with E-state index < -0.39 is 23.8 Å². The number of amides is 4. The Morgan fingerprint density at radius 1 is 1.03 bits per heavy atom. The number of nitrogens with one attached hydrogen (secondary N) is 1. The Morgan fingerprint density at radius 2 is 1.72 bits per heavy atom. The van der Waals surface area contributed by atoms with Crippen LogP contribution in [0.1, 0.15) is 28.4 Å². The number of imide groups is 2. The Hall–Kier alpha value is -4.83. The molecule has 0 unspecified atom stereocenters. The van der Waals surface area contributed by atoms with Crippen molar-refractivity contribution in [3.8, 4) is 17.2 Å². The minimum absolute atomic E-state index is 0.0798. The van der Waals surface area contributed by atoms with E-state index in [9.17, 15) is 19.2 Å². The van der Waals surface area contributed by atoms with Crippen molar-refractivity contribution in [3.63, 3.8) is 0 Å². The number of carbonyl (C=O) groups is 4. The standard InChI is InChI=1S/C28H23ClN2O8/c1-3-38-20-10-8-19(9-11-20)31-26(33)21(25(32)30-28(31)36)12-17-13-22(29)24(23(14-17)37-2)39-15-16-4-6-18(7-5-16)27(34)35/h4-14H,3,15H2,1-2H3,(H,34,35)(H,30,32,36)/b21-12+. The summed E-state index contributed by atoms with van der Waals surface area (Å²) in [7, 11) is 1.40. The number of ether oxygens (including phenoxy) is 3. The fourth-order valence-corrected chi connectivity index (χ4v) is 4.05. The van der Waals surface area contributed by atoms with Crippen LogP contribution in [0.2, 0.25) is 5.02 Å². The molecule has 0 aliphatic carbocycles. The summed E-state index contributed by atoms with van der Waals surface area (Å²) >= 11 is 6.45. The van der Waals surface area contributed by atoms with Gasteiger partial charge in [0.1, 0.15) is 17.9 Å². The van der Waals surface area contributed by atoms with E-state index in [4.69, 9.17) is 30.9 Å². The summed E-state index contributed by atoms with van der Waals surface area (Å²) in [5.74, 6) is -1.68. The first-order valence-electron chi connectivity index (χ1n) is 11.7. The second kappa shape index (κ2) is 11.7. The van der Waals surface area contributed by atoms with Crippen molar-refractivity contribution in [1.82, 2.24) is 5.32 Å². The molecule has 11 heteroatoms. The molecule has 0 bridgehead atoms. The van der Waals surface area contributed by atoms with Gasteiger partial charge in [0.15, 0.2) is 11.5 Å². The molecule has 1 saturated heterocycles. The number of anilines is 1. The minimum atomic E-state index is -1.03. The summed E-state index contributed by atoms with van der Waals surface area (Å²) in [5, 5.41) is 11.4. The predicted octanol–water partition coefficient (Wildman–Crippen LogP) is 4.69. The fraction of sp³-hybridized carbons (Fsp3) is 0.143. The molecule has 0 aromatic heterocycles. The first kappa shape index (κ1) is 27.2. The maximum absolute atomic E-state index is 13.2. The van der Waals surface area contributed by atoms with Crippen LogP contribution >= 0.6 is 11.6 Å². The molecule has 10 nitrogen and oxygen atoms in total. The fourth-order valence-electron chi connectivity index (χ4n) is 3.78. The first-order valence-corrected chi connectivity index (χ1v) is 12.1. The predicted molar refractivity (Wildman–Crippen MR) is 142 cm³/mol. The molecule has 0 atom stereocenters. The van der Waals surface area contributed by atoms with E-state index in [-0.39, 0.29) is 40.0 Å². The number of barbiturate groups is 1. The molecule has 2 N–H and O–H groups in total. The molecule has 1 heterocycles. The third kappa shape index (κ3) is 6.02. The molecular weight excluding hydrogens is 528 g/mol. The van der Waals surface area contributed by atoms with Crippen LogP contribution in [0.4, 0.5) is 10.5 Å². The Bertz CT molecular complexity index is 1470. The molecule has 4 amide bonds. The van der Waals surface area contributed by atoms with Crippen molar-refractivity contribution in [3.05, 3.63) is 87.9 Å². The number of aromatic carboxylic acids is 1. The van der Waals surface area contributed by atoms with Gasteiger partial charge in [0.25, 0.3) is 11.8 Å². The van der Waals surface area contributed by atoms with Gasteiger partial charge in [-0.15, -0.1) is 0 Å². The van der Waals surface area contributed by atoms with Crippen LogP contribution in [0, 0.1) is 0 Å². The van der Waals surface area contributed by atoms with E-state index in [2.05, 4.69) is 5.32 Å². The number of carboxylic acids is 1. The zero-order chi connectivity index (χ0) is 28.1. The zero-order valence-corrected chi connectivity index (χ0v) is 21.7. The number of carboxylic acid groups (broad SMARTS) is 1. The number of methoxy groups -OCH3 is 1. The molecule has 1 aliphatic heterocycles. The molecule has 39 heavy (non-hydrogen) atoms. The van der Waals surface area contributed by atoms with Crippen molar-refractivity contribution in [1.29, 1.82) is 0 Å². The lowest BCUT2D eigenvalue weighted by molar-refractivity contribution is -0.122. The second-order valence-electron chi connectivity index (χ2n) is 8.21. The summed E-state index contributed by atoms with van der Waals surface area (Å²) < 4.78 is 16.6. The monoisotopic (exact) mass is 550 g/mol. The highest BCUT2D eigenvalue weighted by Gasteiger charge is 2.37. The molecule has 0 radical (unpaired) electrons. The SMILES string of the molecule is CCOc1ccc(N2C(=O)NC(=O)/C(=C\c3cc(Cl)c(OCc4ccc(C(=O)O)cc4)c(OC)c3)C2=O)cc1. The molecule has 0 saturated carbocycles. The minimum Gasteiger partial charge on any atom is -0.494 e. The third-order valence-corrected chi connectivity index (χ3v) is 5.94. The number of benzene rings is 3. The number of hydrogen-bond acceptors (Lipinski definition) is 7. The van der Waals surface area contributed by atoms with Crippen LogP contribution in [0.3, 0.4) is 0 Å². The molecule has 0 spiro atoms. The number of carbonyl (C=O) groups excluding carboxylic acids is 3.